The molecule has 0 saturated heterocycles. The molecule has 0 amide bonds. The summed E-state index contributed by atoms with van der Waals surface area (Å²) in [6.07, 6.45) is 0.0412. The zero-order valence-electron chi connectivity index (χ0n) is 8.71. The van der Waals surface area contributed by atoms with E-state index in [2.05, 4.69) is 0 Å². The van der Waals surface area contributed by atoms with Gasteiger partial charge in [-0.1, -0.05) is 0 Å². The summed E-state index contributed by atoms with van der Waals surface area (Å²) in [6.45, 7) is 4.21. The molecule has 0 aliphatic carbocycles. The van der Waals surface area contributed by atoms with Crippen molar-refractivity contribution in [2.24, 2.45) is 0 Å². The highest BCUT2D eigenvalue weighted by Gasteiger charge is 2.04. The van der Waals surface area contributed by atoms with Crippen molar-refractivity contribution in [3.8, 4) is 5.75 Å². The predicted octanol–water partition coefficient (Wildman–Crippen LogP) is 2.55. The molecular weight excluding hydrogens is 183 g/mol. The summed E-state index contributed by atoms with van der Waals surface area (Å²) in [7, 11) is 1.63. The lowest BCUT2D eigenvalue weighted by atomic mass is 10.2. The zero-order valence-corrected chi connectivity index (χ0v) is 8.71. The molecule has 1 rings (SSSR count). The van der Waals surface area contributed by atoms with E-state index in [1.54, 1.807) is 13.2 Å². The van der Waals surface area contributed by atoms with Crippen molar-refractivity contribution < 1.29 is 13.9 Å². The quantitative estimate of drug-likeness (QED) is 0.740. The van der Waals surface area contributed by atoms with Gasteiger partial charge in [-0.3, -0.25) is 0 Å². The SMILES string of the molecule is COC(C)COc1ccc(F)cc1C. The number of benzene rings is 1. The van der Waals surface area contributed by atoms with Crippen LogP contribution in [-0.2, 0) is 4.74 Å². The van der Waals surface area contributed by atoms with Gasteiger partial charge in [-0.15, -0.1) is 0 Å². The topological polar surface area (TPSA) is 18.5 Å². The second-order valence-electron chi connectivity index (χ2n) is 3.27. The third-order valence-corrected chi connectivity index (χ3v) is 2.01. The molecule has 78 valence electrons. The maximum atomic E-state index is 12.7. The van der Waals surface area contributed by atoms with Crippen LogP contribution < -0.4 is 4.74 Å². The first-order valence-electron chi connectivity index (χ1n) is 4.55. The van der Waals surface area contributed by atoms with Gasteiger partial charge in [0.15, 0.2) is 0 Å². The highest BCUT2D eigenvalue weighted by molar-refractivity contribution is 5.32. The number of methoxy groups -OCH3 is 1. The molecule has 3 heteroatoms. The van der Waals surface area contributed by atoms with Crippen molar-refractivity contribution >= 4 is 0 Å². The van der Waals surface area contributed by atoms with E-state index >= 15 is 0 Å². The number of hydrogen-bond acceptors (Lipinski definition) is 2. The molecule has 0 radical (unpaired) electrons. The summed E-state index contributed by atoms with van der Waals surface area (Å²) in [6, 6.07) is 4.47. The van der Waals surface area contributed by atoms with Gasteiger partial charge in [-0.2, -0.15) is 0 Å². The summed E-state index contributed by atoms with van der Waals surface area (Å²) in [5.41, 5.74) is 0.799. The van der Waals surface area contributed by atoms with Gasteiger partial charge in [0, 0.05) is 7.11 Å². The Labute approximate surface area is 83.6 Å². The lowest BCUT2D eigenvalue weighted by molar-refractivity contribution is 0.0714. The van der Waals surface area contributed by atoms with Crippen LogP contribution in [0.25, 0.3) is 0 Å². The van der Waals surface area contributed by atoms with Crippen molar-refractivity contribution in [2.45, 2.75) is 20.0 Å². The van der Waals surface area contributed by atoms with Gasteiger partial charge in [0.05, 0.1) is 6.10 Å². The Morgan fingerprint density at radius 3 is 2.71 bits per heavy atom. The van der Waals surface area contributed by atoms with Crippen molar-refractivity contribution in [3.05, 3.63) is 29.6 Å². The molecule has 1 aromatic rings. The normalized spacial score (nSPS) is 12.6. The molecule has 0 bridgehead atoms. The van der Waals surface area contributed by atoms with Gasteiger partial charge in [0.1, 0.15) is 18.2 Å². The van der Waals surface area contributed by atoms with Crippen LogP contribution in [0.5, 0.6) is 5.75 Å². The Kier molecular flexibility index (Phi) is 3.89. The molecule has 1 atom stereocenters. The zero-order chi connectivity index (χ0) is 10.6. The second kappa shape index (κ2) is 4.96. The van der Waals surface area contributed by atoms with Gasteiger partial charge < -0.3 is 9.47 Å². The van der Waals surface area contributed by atoms with Crippen LogP contribution in [0.1, 0.15) is 12.5 Å². The van der Waals surface area contributed by atoms with Crippen molar-refractivity contribution in [3.63, 3.8) is 0 Å². The Hall–Kier alpha value is -1.09. The van der Waals surface area contributed by atoms with Gasteiger partial charge in [0.25, 0.3) is 0 Å². The molecule has 0 aromatic heterocycles. The van der Waals surface area contributed by atoms with Gasteiger partial charge in [0.2, 0.25) is 0 Å². The highest BCUT2D eigenvalue weighted by Crippen LogP contribution is 2.18. The summed E-state index contributed by atoms with van der Waals surface area (Å²) >= 11 is 0. The molecule has 0 fully saturated rings. The van der Waals surface area contributed by atoms with E-state index in [4.69, 9.17) is 9.47 Å². The lowest BCUT2D eigenvalue weighted by Crippen LogP contribution is -2.16. The molecule has 2 nitrogen and oxygen atoms in total. The number of aryl methyl sites for hydroxylation is 1. The van der Waals surface area contributed by atoms with Gasteiger partial charge in [-0.05, 0) is 37.6 Å². The minimum Gasteiger partial charge on any atom is -0.491 e. The number of ether oxygens (including phenoxy) is 2. The smallest absolute Gasteiger partial charge is 0.123 e. The number of hydrogen-bond donors (Lipinski definition) is 0. The maximum absolute atomic E-state index is 12.7. The predicted molar refractivity (Wildman–Crippen MR) is 53.1 cm³/mol. The fourth-order valence-corrected chi connectivity index (χ4v) is 1.05. The van der Waals surface area contributed by atoms with Gasteiger partial charge in [-0.25, -0.2) is 4.39 Å². The highest BCUT2D eigenvalue weighted by atomic mass is 19.1. The summed E-state index contributed by atoms with van der Waals surface area (Å²) in [5, 5.41) is 0. The van der Waals surface area contributed by atoms with E-state index in [1.807, 2.05) is 13.8 Å². The minimum atomic E-state index is -0.241. The van der Waals surface area contributed by atoms with Crippen LogP contribution in [0.15, 0.2) is 18.2 Å². The first-order valence-corrected chi connectivity index (χ1v) is 4.55. The molecule has 0 aliphatic rings. The monoisotopic (exact) mass is 198 g/mol. The minimum absolute atomic E-state index is 0.0412. The first-order chi connectivity index (χ1) is 6.63. The molecule has 0 heterocycles. The average Bonchev–Trinajstić information content (AvgIpc) is 2.16. The third kappa shape index (κ3) is 3.00. The van der Waals surface area contributed by atoms with Gasteiger partial charge >= 0.3 is 0 Å². The van der Waals surface area contributed by atoms with Crippen LogP contribution in [0.3, 0.4) is 0 Å². The van der Waals surface area contributed by atoms with E-state index in [-0.39, 0.29) is 11.9 Å². The molecule has 0 saturated carbocycles. The standard InChI is InChI=1S/C11H15FO2/c1-8-6-10(12)4-5-11(8)14-7-9(2)13-3/h4-6,9H,7H2,1-3H3. The van der Waals surface area contributed by atoms with Crippen LogP contribution >= 0.6 is 0 Å². The van der Waals surface area contributed by atoms with Crippen LogP contribution in [0, 0.1) is 12.7 Å². The molecule has 0 spiro atoms. The van der Waals surface area contributed by atoms with E-state index in [9.17, 15) is 4.39 Å². The van der Waals surface area contributed by atoms with E-state index < -0.39 is 0 Å². The Balaban J connectivity index is 2.59. The summed E-state index contributed by atoms with van der Waals surface area (Å²) in [4.78, 5) is 0. The summed E-state index contributed by atoms with van der Waals surface area (Å²) in [5.74, 6) is 0.463. The van der Waals surface area contributed by atoms with Crippen molar-refractivity contribution in [1.29, 1.82) is 0 Å². The Morgan fingerprint density at radius 1 is 1.43 bits per heavy atom. The van der Waals surface area contributed by atoms with Crippen molar-refractivity contribution in [2.75, 3.05) is 13.7 Å². The number of rotatable bonds is 4. The van der Waals surface area contributed by atoms with E-state index in [0.717, 1.165) is 5.56 Å². The van der Waals surface area contributed by atoms with E-state index in [1.165, 1.54) is 12.1 Å². The molecule has 1 unspecified atom stereocenters. The molecule has 14 heavy (non-hydrogen) atoms. The van der Waals surface area contributed by atoms with E-state index in [0.29, 0.717) is 12.4 Å². The third-order valence-electron chi connectivity index (χ3n) is 2.01. The lowest BCUT2D eigenvalue weighted by Gasteiger charge is -2.12. The molecular formula is C11H15FO2. The molecule has 1 aromatic carbocycles. The second-order valence-corrected chi connectivity index (χ2v) is 3.27. The molecule has 0 aliphatic heterocycles. The fourth-order valence-electron chi connectivity index (χ4n) is 1.05. The first kappa shape index (κ1) is 11.0. The van der Waals surface area contributed by atoms with Crippen LogP contribution in [-0.4, -0.2) is 19.8 Å². The average molecular weight is 198 g/mol. The molecule has 0 N–H and O–H groups in total. The van der Waals surface area contributed by atoms with Crippen LogP contribution in [0.4, 0.5) is 4.39 Å². The Morgan fingerprint density at radius 2 is 2.14 bits per heavy atom. The fraction of sp³-hybridized carbons (Fsp3) is 0.455. The maximum Gasteiger partial charge on any atom is 0.123 e. The summed E-state index contributed by atoms with van der Waals surface area (Å²) < 4.78 is 23.2. The number of halogens is 1. The Bertz CT molecular complexity index is 299. The largest absolute Gasteiger partial charge is 0.491 e. The van der Waals surface area contributed by atoms with Crippen LogP contribution in [0.2, 0.25) is 0 Å². The van der Waals surface area contributed by atoms with Crippen molar-refractivity contribution in [1.82, 2.24) is 0 Å².